The minimum Gasteiger partial charge on any atom is -0.341 e. The number of benzene rings is 2. The maximum atomic E-state index is 14.3. The minimum atomic E-state index is -0.857. The molecule has 0 spiro atoms. The van der Waals surface area contributed by atoms with Gasteiger partial charge in [0.2, 0.25) is 11.8 Å². The Kier molecular flexibility index (Phi) is 4.68. The fraction of sp³-hybridized carbons (Fsp3) is 0.364. The van der Waals surface area contributed by atoms with Gasteiger partial charge in [-0.2, -0.15) is 0 Å². The van der Waals surface area contributed by atoms with E-state index in [1.165, 1.54) is 6.07 Å². The molecule has 4 rings (SSSR count). The highest BCUT2D eigenvalue weighted by Crippen LogP contribution is 2.49. The first-order chi connectivity index (χ1) is 13.1. The van der Waals surface area contributed by atoms with Gasteiger partial charge in [-0.25, -0.2) is 4.39 Å². The van der Waals surface area contributed by atoms with Gasteiger partial charge in [0.25, 0.3) is 0 Å². The van der Waals surface area contributed by atoms with Crippen molar-refractivity contribution in [1.29, 1.82) is 0 Å². The SMILES string of the molecule is O=C(C(NC(=O)C1(c2ccccc2F)CC1)c1ccccc1)N1CCCC1. The molecule has 2 aromatic rings. The van der Waals surface area contributed by atoms with Crippen molar-refractivity contribution in [3.8, 4) is 0 Å². The molecule has 0 aromatic heterocycles. The normalized spacial score (nSPS) is 18.8. The zero-order chi connectivity index (χ0) is 18.9. The van der Waals surface area contributed by atoms with Crippen LogP contribution < -0.4 is 5.32 Å². The van der Waals surface area contributed by atoms with Crippen LogP contribution in [-0.2, 0) is 15.0 Å². The molecule has 27 heavy (non-hydrogen) atoms. The van der Waals surface area contributed by atoms with E-state index in [0.29, 0.717) is 18.4 Å². The summed E-state index contributed by atoms with van der Waals surface area (Å²) in [5, 5.41) is 2.94. The van der Waals surface area contributed by atoms with Crippen LogP contribution in [-0.4, -0.2) is 29.8 Å². The number of hydrogen-bond acceptors (Lipinski definition) is 2. The van der Waals surface area contributed by atoms with Crippen molar-refractivity contribution in [2.45, 2.75) is 37.1 Å². The van der Waals surface area contributed by atoms with E-state index in [1.54, 1.807) is 23.1 Å². The standard InChI is InChI=1S/C22H23FN2O2/c23-18-11-5-4-10-17(18)22(12-13-22)21(27)24-19(16-8-2-1-3-9-16)20(26)25-14-6-7-15-25/h1-5,8-11,19H,6-7,12-15H2,(H,24,27). The minimum absolute atomic E-state index is 0.0867. The predicted molar refractivity (Wildman–Crippen MR) is 100 cm³/mol. The van der Waals surface area contributed by atoms with Gasteiger partial charge in [-0.05, 0) is 37.3 Å². The van der Waals surface area contributed by atoms with Gasteiger partial charge in [0.15, 0.2) is 0 Å². The Bertz CT molecular complexity index is 842. The summed E-state index contributed by atoms with van der Waals surface area (Å²) in [6.07, 6.45) is 3.17. The van der Waals surface area contributed by atoms with Crippen molar-refractivity contribution in [1.82, 2.24) is 10.2 Å². The number of nitrogens with zero attached hydrogens (tertiary/aromatic N) is 1. The monoisotopic (exact) mass is 366 g/mol. The van der Waals surface area contributed by atoms with E-state index < -0.39 is 11.5 Å². The second-order valence-corrected chi connectivity index (χ2v) is 7.41. The van der Waals surface area contributed by atoms with Gasteiger partial charge in [-0.1, -0.05) is 48.5 Å². The van der Waals surface area contributed by atoms with E-state index in [1.807, 2.05) is 30.3 Å². The number of amides is 2. The Morgan fingerprint density at radius 2 is 1.59 bits per heavy atom. The molecule has 1 aliphatic carbocycles. The summed E-state index contributed by atoms with van der Waals surface area (Å²) in [5.41, 5.74) is 0.318. The molecule has 1 atom stereocenters. The third-order valence-corrected chi connectivity index (χ3v) is 5.65. The highest BCUT2D eigenvalue weighted by Gasteiger charge is 2.53. The quantitative estimate of drug-likeness (QED) is 0.882. The van der Waals surface area contributed by atoms with E-state index in [9.17, 15) is 14.0 Å². The average molecular weight is 366 g/mol. The summed E-state index contributed by atoms with van der Waals surface area (Å²) in [6, 6.07) is 15.0. The summed E-state index contributed by atoms with van der Waals surface area (Å²) in [4.78, 5) is 28.0. The molecule has 1 saturated heterocycles. The van der Waals surface area contributed by atoms with Crippen LogP contribution in [0.1, 0.15) is 42.9 Å². The molecule has 2 amide bonds. The van der Waals surface area contributed by atoms with Crippen molar-refractivity contribution >= 4 is 11.8 Å². The van der Waals surface area contributed by atoms with Crippen LogP contribution in [0.25, 0.3) is 0 Å². The number of carbonyl (C=O) groups is 2. The second-order valence-electron chi connectivity index (χ2n) is 7.41. The van der Waals surface area contributed by atoms with Crippen molar-refractivity contribution in [2.24, 2.45) is 0 Å². The highest BCUT2D eigenvalue weighted by atomic mass is 19.1. The maximum Gasteiger partial charge on any atom is 0.249 e. The molecular formula is C22H23FN2O2. The van der Waals surface area contributed by atoms with Gasteiger partial charge in [0, 0.05) is 18.7 Å². The van der Waals surface area contributed by atoms with Crippen LogP contribution in [0.5, 0.6) is 0 Å². The molecule has 1 unspecified atom stereocenters. The molecule has 0 bridgehead atoms. The van der Waals surface area contributed by atoms with Gasteiger partial charge in [-0.3, -0.25) is 9.59 Å². The van der Waals surface area contributed by atoms with E-state index in [0.717, 1.165) is 31.5 Å². The fourth-order valence-corrected chi connectivity index (χ4v) is 3.92. The zero-order valence-corrected chi connectivity index (χ0v) is 15.2. The number of hydrogen-bond donors (Lipinski definition) is 1. The van der Waals surface area contributed by atoms with Crippen LogP contribution in [0.15, 0.2) is 54.6 Å². The molecule has 4 nitrogen and oxygen atoms in total. The zero-order valence-electron chi connectivity index (χ0n) is 15.2. The van der Waals surface area contributed by atoms with Gasteiger partial charge in [-0.15, -0.1) is 0 Å². The van der Waals surface area contributed by atoms with Gasteiger partial charge >= 0.3 is 0 Å². The van der Waals surface area contributed by atoms with Gasteiger partial charge in [0.1, 0.15) is 11.9 Å². The van der Waals surface area contributed by atoms with E-state index in [-0.39, 0.29) is 17.6 Å². The molecule has 1 aliphatic heterocycles. The molecular weight excluding hydrogens is 343 g/mol. The molecule has 1 heterocycles. The lowest BCUT2D eigenvalue weighted by molar-refractivity contribution is -0.136. The Hall–Kier alpha value is -2.69. The molecule has 0 radical (unpaired) electrons. The van der Waals surface area contributed by atoms with Gasteiger partial charge in [0.05, 0.1) is 5.41 Å². The van der Waals surface area contributed by atoms with Crippen molar-refractivity contribution < 1.29 is 14.0 Å². The Morgan fingerprint density at radius 3 is 2.22 bits per heavy atom. The third-order valence-electron chi connectivity index (χ3n) is 5.65. The Balaban J connectivity index is 1.61. The lowest BCUT2D eigenvalue weighted by Gasteiger charge is -2.26. The summed E-state index contributed by atoms with van der Waals surface area (Å²) >= 11 is 0. The van der Waals surface area contributed by atoms with E-state index in [2.05, 4.69) is 5.32 Å². The topological polar surface area (TPSA) is 49.4 Å². The van der Waals surface area contributed by atoms with Crippen LogP contribution >= 0.6 is 0 Å². The van der Waals surface area contributed by atoms with Crippen molar-refractivity contribution in [3.63, 3.8) is 0 Å². The predicted octanol–water partition coefficient (Wildman–Crippen LogP) is 3.34. The Labute approximate surface area is 158 Å². The van der Waals surface area contributed by atoms with Crippen molar-refractivity contribution in [2.75, 3.05) is 13.1 Å². The maximum absolute atomic E-state index is 14.3. The number of nitrogens with one attached hydrogen (secondary N) is 1. The van der Waals surface area contributed by atoms with Crippen molar-refractivity contribution in [3.05, 3.63) is 71.5 Å². The van der Waals surface area contributed by atoms with Gasteiger partial charge < -0.3 is 10.2 Å². The first-order valence-electron chi connectivity index (χ1n) is 9.51. The average Bonchev–Trinajstić information content (AvgIpc) is 3.32. The second kappa shape index (κ2) is 7.14. The lowest BCUT2D eigenvalue weighted by atomic mass is 9.93. The number of likely N-dealkylation sites (tertiary alicyclic amines) is 1. The highest BCUT2D eigenvalue weighted by molar-refractivity contribution is 5.95. The molecule has 2 aliphatic rings. The van der Waals surface area contributed by atoms with Crippen LogP contribution in [0.4, 0.5) is 4.39 Å². The Morgan fingerprint density at radius 1 is 0.963 bits per heavy atom. The summed E-state index contributed by atoms with van der Waals surface area (Å²) in [6.45, 7) is 1.44. The fourth-order valence-electron chi connectivity index (χ4n) is 3.92. The summed E-state index contributed by atoms with van der Waals surface area (Å²) in [5.74, 6) is -0.724. The van der Waals surface area contributed by atoms with E-state index >= 15 is 0 Å². The third kappa shape index (κ3) is 3.34. The molecule has 5 heteroatoms. The molecule has 1 saturated carbocycles. The van der Waals surface area contributed by atoms with Crippen LogP contribution in [0.2, 0.25) is 0 Å². The molecule has 2 aromatic carbocycles. The van der Waals surface area contributed by atoms with E-state index in [4.69, 9.17) is 0 Å². The summed E-state index contributed by atoms with van der Waals surface area (Å²) < 4.78 is 14.3. The smallest absolute Gasteiger partial charge is 0.249 e. The molecule has 1 N–H and O–H groups in total. The number of rotatable bonds is 5. The van der Waals surface area contributed by atoms with Crippen LogP contribution in [0.3, 0.4) is 0 Å². The first kappa shape index (κ1) is 17.7. The molecule has 140 valence electrons. The summed E-state index contributed by atoms with van der Waals surface area (Å²) in [7, 11) is 0. The van der Waals surface area contributed by atoms with Crippen LogP contribution in [0, 0.1) is 5.82 Å². The lowest BCUT2D eigenvalue weighted by Crippen LogP contribution is -2.45. The first-order valence-corrected chi connectivity index (χ1v) is 9.51. The molecule has 2 fully saturated rings. The largest absolute Gasteiger partial charge is 0.341 e. The number of carbonyl (C=O) groups excluding carboxylic acids is 2. The number of halogens is 1.